The van der Waals surface area contributed by atoms with Gasteiger partial charge in [0.2, 0.25) is 0 Å². The highest BCUT2D eigenvalue weighted by Gasteiger charge is 2.42. The zero-order valence-electron chi connectivity index (χ0n) is 9.54. The third kappa shape index (κ3) is 2.33. The molecule has 2 aliphatic carbocycles. The minimum absolute atomic E-state index is 0.435. The number of aliphatic carboxylic acids is 1. The minimum Gasteiger partial charge on any atom is -0.481 e. The summed E-state index contributed by atoms with van der Waals surface area (Å²) in [6.07, 6.45) is 7.65. The lowest BCUT2D eigenvalue weighted by atomic mass is 9.73. The molecular weight excluding hydrogens is 190 g/mol. The second-order valence-corrected chi connectivity index (χ2v) is 5.29. The van der Waals surface area contributed by atoms with E-state index in [1.54, 1.807) is 0 Å². The minimum atomic E-state index is -0.574. The highest BCUT2D eigenvalue weighted by molar-refractivity contribution is 5.75. The van der Waals surface area contributed by atoms with Gasteiger partial charge < -0.3 is 10.0 Å². The molecule has 2 saturated carbocycles. The monoisotopic (exact) mass is 211 g/mol. The van der Waals surface area contributed by atoms with Crippen molar-refractivity contribution in [2.75, 3.05) is 13.6 Å². The molecule has 86 valence electrons. The van der Waals surface area contributed by atoms with Crippen LogP contribution in [-0.4, -0.2) is 35.6 Å². The molecule has 0 saturated heterocycles. The van der Waals surface area contributed by atoms with Gasteiger partial charge in [0.25, 0.3) is 0 Å². The van der Waals surface area contributed by atoms with E-state index in [-0.39, 0.29) is 0 Å². The lowest BCUT2D eigenvalue weighted by Gasteiger charge is -2.36. The van der Waals surface area contributed by atoms with E-state index in [1.165, 1.54) is 19.3 Å². The molecule has 0 amide bonds. The van der Waals surface area contributed by atoms with Crippen molar-refractivity contribution in [2.24, 2.45) is 5.41 Å². The van der Waals surface area contributed by atoms with Gasteiger partial charge in [-0.3, -0.25) is 4.79 Å². The van der Waals surface area contributed by atoms with Crippen molar-refractivity contribution >= 4 is 5.97 Å². The van der Waals surface area contributed by atoms with Crippen LogP contribution in [-0.2, 0) is 4.79 Å². The third-order valence-corrected chi connectivity index (χ3v) is 3.99. The van der Waals surface area contributed by atoms with Crippen LogP contribution in [0.5, 0.6) is 0 Å². The van der Waals surface area contributed by atoms with Gasteiger partial charge in [0.1, 0.15) is 0 Å². The lowest BCUT2D eigenvalue weighted by molar-refractivity contribution is -0.152. The Morgan fingerprint density at radius 2 is 1.93 bits per heavy atom. The first-order valence-electron chi connectivity index (χ1n) is 6.08. The number of carboxylic acid groups (broad SMARTS) is 1. The topological polar surface area (TPSA) is 40.5 Å². The SMILES string of the molecule is CN(CC1(C(=O)O)CCCCC1)C1CC1. The number of nitrogens with zero attached hydrogens (tertiary/aromatic N) is 1. The van der Waals surface area contributed by atoms with Gasteiger partial charge in [-0.15, -0.1) is 0 Å². The average molecular weight is 211 g/mol. The highest BCUT2D eigenvalue weighted by atomic mass is 16.4. The van der Waals surface area contributed by atoms with Crippen LogP contribution in [0.4, 0.5) is 0 Å². The van der Waals surface area contributed by atoms with Gasteiger partial charge in [-0.1, -0.05) is 19.3 Å². The van der Waals surface area contributed by atoms with E-state index in [2.05, 4.69) is 11.9 Å². The van der Waals surface area contributed by atoms with E-state index in [0.29, 0.717) is 6.04 Å². The Hall–Kier alpha value is -0.570. The van der Waals surface area contributed by atoms with Crippen molar-refractivity contribution in [2.45, 2.75) is 51.0 Å². The Morgan fingerprint density at radius 3 is 2.40 bits per heavy atom. The summed E-state index contributed by atoms with van der Waals surface area (Å²) in [6, 6.07) is 0.670. The normalized spacial score (nSPS) is 25.5. The van der Waals surface area contributed by atoms with Gasteiger partial charge in [0.05, 0.1) is 5.41 Å². The predicted octanol–water partition coefficient (Wildman–Crippen LogP) is 2.12. The maximum absolute atomic E-state index is 11.4. The van der Waals surface area contributed by atoms with Crippen molar-refractivity contribution in [1.29, 1.82) is 0 Å². The predicted molar refractivity (Wildman–Crippen MR) is 58.8 cm³/mol. The molecule has 0 aliphatic heterocycles. The summed E-state index contributed by atoms with van der Waals surface area (Å²) in [5.74, 6) is -0.574. The van der Waals surface area contributed by atoms with E-state index in [4.69, 9.17) is 0 Å². The summed E-state index contributed by atoms with van der Waals surface area (Å²) in [5.41, 5.74) is -0.435. The molecule has 0 spiro atoms. The van der Waals surface area contributed by atoms with Crippen LogP contribution in [0.3, 0.4) is 0 Å². The van der Waals surface area contributed by atoms with Crippen LogP contribution in [0.2, 0.25) is 0 Å². The molecule has 0 unspecified atom stereocenters. The van der Waals surface area contributed by atoms with Crippen LogP contribution in [0.15, 0.2) is 0 Å². The van der Waals surface area contributed by atoms with Crippen LogP contribution in [0, 0.1) is 5.41 Å². The second-order valence-electron chi connectivity index (χ2n) is 5.29. The van der Waals surface area contributed by atoms with E-state index < -0.39 is 11.4 Å². The molecule has 2 aliphatic rings. The van der Waals surface area contributed by atoms with Gasteiger partial charge in [-0.2, -0.15) is 0 Å². The zero-order valence-corrected chi connectivity index (χ0v) is 9.54. The molecule has 0 aromatic carbocycles. The summed E-state index contributed by atoms with van der Waals surface area (Å²) < 4.78 is 0. The molecule has 2 rings (SSSR count). The van der Waals surface area contributed by atoms with Crippen molar-refractivity contribution in [1.82, 2.24) is 4.90 Å². The summed E-state index contributed by atoms with van der Waals surface area (Å²) in [7, 11) is 2.08. The Bertz CT molecular complexity index is 242. The first-order chi connectivity index (χ1) is 7.14. The van der Waals surface area contributed by atoms with E-state index in [1.807, 2.05) is 0 Å². The molecule has 0 bridgehead atoms. The fraction of sp³-hybridized carbons (Fsp3) is 0.917. The molecule has 2 fully saturated rings. The maximum atomic E-state index is 11.4. The molecule has 0 aromatic rings. The van der Waals surface area contributed by atoms with Crippen molar-refractivity contribution < 1.29 is 9.90 Å². The Morgan fingerprint density at radius 1 is 1.33 bits per heavy atom. The van der Waals surface area contributed by atoms with E-state index in [9.17, 15) is 9.90 Å². The molecule has 0 atom stereocenters. The average Bonchev–Trinajstić information content (AvgIpc) is 3.02. The Kier molecular flexibility index (Phi) is 3.01. The van der Waals surface area contributed by atoms with Gasteiger partial charge in [0, 0.05) is 12.6 Å². The summed E-state index contributed by atoms with van der Waals surface area (Å²) in [6.45, 7) is 0.757. The smallest absolute Gasteiger partial charge is 0.310 e. The summed E-state index contributed by atoms with van der Waals surface area (Å²) >= 11 is 0. The fourth-order valence-corrected chi connectivity index (χ4v) is 2.79. The molecular formula is C12H21NO2. The molecule has 1 N–H and O–H groups in total. The van der Waals surface area contributed by atoms with E-state index >= 15 is 0 Å². The quantitative estimate of drug-likeness (QED) is 0.774. The highest BCUT2D eigenvalue weighted by Crippen LogP contribution is 2.39. The van der Waals surface area contributed by atoms with Crippen LogP contribution >= 0.6 is 0 Å². The molecule has 3 nitrogen and oxygen atoms in total. The molecule has 0 radical (unpaired) electrons. The lowest BCUT2D eigenvalue weighted by Crippen LogP contribution is -2.43. The van der Waals surface area contributed by atoms with Gasteiger partial charge >= 0.3 is 5.97 Å². The number of hydrogen-bond acceptors (Lipinski definition) is 2. The van der Waals surface area contributed by atoms with Crippen LogP contribution in [0.25, 0.3) is 0 Å². The molecule has 3 heteroatoms. The number of carbonyl (C=O) groups is 1. The molecule has 0 aromatic heterocycles. The summed E-state index contributed by atoms with van der Waals surface area (Å²) in [5, 5.41) is 9.41. The van der Waals surface area contributed by atoms with Crippen molar-refractivity contribution in [3.63, 3.8) is 0 Å². The number of carboxylic acids is 1. The summed E-state index contributed by atoms with van der Waals surface area (Å²) in [4.78, 5) is 13.7. The number of rotatable bonds is 4. The first kappa shape index (κ1) is 10.9. The van der Waals surface area contributed by atoms with Crippen molar-refractivity contribution in [3.8, 4) is 0 Å². The third-order valence-electron chi connectivity index (χ3n) is 3.99. The Labute approximate surface area is 91.5 Å². The van der Waals surface area contributed by atoms with Gasteiger partial charge in [-0.25, -0.2) is 0 Å². The number of hydrogen-bond donors (Lipinski definition) is 1. The van der Waals surface area contributed by atoms with Crippen LogP contribution < -0.4 is 0 Å². The largest absolute Gasteiger partial charge is 0.481 e. The fourth-order valence-electron chi connectivity index (χ4n) is 2.79. The molecule has 0 heterocycles. The zero-order chi connectivity index (χ0) is 10.9. The van der Waals surface area contributed by atoms with Crippen LogP contribution in [0.1, 0.15) is 44.9 Å². The first-order valence-corrected chi connectivity index (χ1v) is 6.08. The van der Waals surface area contributed by atoms with E-state index in [0.717, 1.165) is 32.2 Å². The molecule has 15 heavy (non-hydrogen) atoms. The second kappa shape index (κ2) is 4.12. The van der Waals surface area contributed by atoms with Gasteiger partial charge in [-0.05, 0) is 32.7 Å². The van der Waals surface area contributed by atoms with Gasteiger partial charge in [0.15, 0.2) is 0 Å². The standard InChI is InChI=1S/C12H21NO2/c1-13(10-5-6-10)9-12(11(14)15)7-3-2-4-8-12/h10H,2-9H2,1H3,(H,14,15). The van der Waals surface area contributed by atoms with Crippen molar-refractivity contribution in [3.05, 3.63) is 0 Å². The maximum Gasteiger partial charge on any atom is 0.310 e. The Balaban J connectivity index is 2.00.